The van der Waals surface area contributed by atoms with Gasteiger partial charge in [-0.05, 0) is 17.7 Å². The number of hydrogen-bond donors (Lipinski definition) is 1. The molecule has 1 heterocycles. The van der Waals surface area contributed by atoms with Gasteiger partial charge in [-0.3, -0.25) is 0 Å². The Morgan fingerprint density at radius 3 is 3.08 bits per heavy atom. The van der Waals surface area contributed by atoms with Crippen molar-refractivity contribution in [2.24, 2.45) is 5.73 Å². The summed E-state index contributed by atoms with van der Waals surface area (Å²) in [6, 6.07) is 4.33. The zero-order chi connectivity index (χ0) is 8.97. The highest BCUT2D eigenvalue weighted by atomic mass is 19.1. The molecule has 0 spiro atoms. The second kappa shape index (κ2) is 3.79. The topological polar surface area (TPSA) is 62.7 Å². The predicted molar refractivity (Wildman–Crippen MR) is 41.4 cm³/mol. The maximum absolute atomic E-state index is 12.5. The molecule has 12 heavy (non-hydrogen) atoms. The minimum absolute atomic E-state index is 0.184. The average molecular weight is 165 g/mol. The van der Waals surface area contributed by atoms with Gasteiger partial charge in [-0.2, -0.15) is 9.65 Å². The van der Waals surface area contributed by atoms with E-state index in [2.05, 4.69) is 4.98 Å². The lowest BCUT2D eigenvalue weighted by atomic mass is 10.1. The molecule has 2 N–H and O–H groups in total. The Morgan fingerprint density at radius 2 is 2.50 bits per heavy atom. The van der Waals surface area contributed by atoms with Crippen LogP contribution in [0.1, 0.15) is 18.0 Å². The fourth-order valence-electron chi connectivity index (χ4n) is 0.864. The molecule has 1 aromatic heterocycles. The monoisotopic (exact) mass is 165 g/mol. The predicted octanol–water partition coefficient (Wildman–Crippen LogP) is 1.13. The summed E-state index contributed by atoms with van der Waals surface area (Å²) in [7, 11) is 0. The molecule has 62 valence electrons. The Bertz CT molecular complexity index is 305. The first kappa shape index (κ1) is 8.62. The van der Waals surface area contributed by atoms with E-state index in [0.717, 1.165) is 0 Å². The van der Waals surface area contributed by atoms with Crippen molar-refractivity contribution < 1.29 is 4.39 Å². The molecule has 0 radical (unpaired) electrons. The number of nitrogens with zero attached hydrogens (tertiary/aromatic N) is 2. The van der Waals surface area contributed by atoms with Crippen LogP contribution in [0.25, 0.3) is 0 Å². The van der Waals surface area contributed by atoms with E-state index in [1.54, 1.807) is 6.07 Å². The molecule has 3 nitrogen and oxygen atoms in total. The fraction of sp³-hybridized carbons (Fsp3) is 0.250. The van der Waals surface area contributed by atoms with Crippen LogP contribution in [0.3, 0.4) is 0 Å². The maximum atomic E-state index is 12.5. The minimum atomic E-state index is -0.569. The van der Waals surface area contributed by atoms with Crippen molar-refractivity contribution >= 4 is 0 Å². The summed E-state index contributed by atoms with van der Waals surface area (Å²) in [5.74, 6) is -0.569. The second-order valence-corrected chi connectivity index (χ2v) is 2.38. The molecule has 0 unspecified atom stereocenters. The van der Waals surface area contributed by atoms with Crippen molar-refractivity contribution in [1.82, 2.24) is 4.98 Å². The summed E-state index contributed by atoms with van der Waals surface area (Å²) in [4.78, 5) is 3.38. The first-order valence-electron chi connectivity index (χ1n) is 3.48. The van der Waals surface area contributed by atoms with Crippen LogP contribution in [0.2, 0.25) is 0 Å². The fourth-order valence-corrected chi connectivity index (χ4v) is 0.864. The van der Waals surface area contributed by atoms with E-state index in [1.165, 1.54) is 12.3 Å². The van der Waals surface area contributed by atoms with Gasteiger partial charge in [-0.15, -0.1) is 0 Å². The highest BCUT2D eigenvalue weighted by Crippen LogP contribution is 2.12. The summed E-state index contributed by atoms with van der Waals surface area (Å²) < 4.78 is 12.5. The molecule has 1 atom stereocenters. The first-order valence-corrected chi connectivity index (χ1v) is 3.48. The molecule has 1 rings (SSSR count). The van der Waals surface area contributed by atoms with Gasteiger partial charge in [0.15, 0.2) is 0 Å². The molecule has 1 aromatic rings. The van der Waals surface area contributed by atoms with Crippen molar-refractivity contribution in [3.63, 3.8) is 0 Å². The average Bonchev–Trinajstić information content (AvgIpc) is 2.05. The molecule has 4 heteroatoms. The lowest BCUT2D eigenvalue weighted by Gasteiger charge is -2.05. The van der Waals surface area contributed by atoms with Gasteiger partial charge in [0, 0.05) is 12.2 Å². The van der Waals surface area contributed by atoms with Gasteiger partial charge >= 0.3 is 0 Å². The molecule has 0 amide bonds. The van der Waals surface area contributed by atoms with E-state index in [0.29, 0.717) is 5.56 Å². The molecule has 0 aliphatic heterocycles. The second-order valence-electron chi connectivity index (χ2n) is 2.38. The Hall–Kier alpha value is -1.47. The van der Waals surface area contributed by atoms with Crippen LogP contribution in [-0.4, -0.2) is 4.98 Å². The first-order chi connectivity index (χ1) is 5.74. The highest BCUT2D eigenvalue weighted by Gasteiger charge is 2.05. The zero-order valence-corrected chi connectivity index (χ0v) is 6.37. The summed E-state index contributed by atoms with van der Waals surface area (Å²) in [5, 5.41) is 8.33. The van der Waals surface area contributed by atoms with Crippen molar-refractivity contribution in [1.29, 1.82) is 5.26 Å². The Morgan fingerprint density at radius 1 is 1.75 bits per heavy atom. The van der Waals surface area contributed by atoms with Crippen LogP contribution >= 0.6 is 0 Å². The summed E-state index contributed by atoms with van der Waals surface area (Å²) in [6.07, 6.45) is 1.52. The Kier molecular flexibility index (Phi) is 2.72. The number of nitrogens with two attached hydrogens (primary N) is 1. The molecule has 0 aliphatic carbocycles. The molecule has 0 aromatic carbocycles. The number of nitriles is 1. The van der Waals surface area contributed by atoms with Crippen LogP contribution in [0.4, 0.5) is 4.39 Å². The van der Waals surface area contributed by atoms with Crippen LogP contribution in [0.5, 0.6) is 0 Å². The summed E-state index contributed by atoms with van der Waals surface area (Å²) in [6.45, 7) is 0. The molecule has 0 saturated heterocycles. The third-order valence-corrected chi connectivity index (χ3v) is 1.49. The Balaban J connectivity index is 2.82. The van der Waals surface area contributed by atoms with Crippen LogP contribution < -0.4 is 5.73 Å². The third-order valence-electron chi connectivity index (χ3n) is 1.49. The minimum Gasteiger partial charge on any atom is -0.323 e. The molecular formula is C8H8FN3. The van der Waals surface area contributed by atoms with Gasteiger partial charge in [0.1, 0.15) is 0 Å². The van der Waals surface area contributed by atoms with E-state index < -0.39 is 12.0 Å². The lowest BCUT2D eigenvalue weighted by Crippen LogP contribution is -2.09. The smallest absolute Gasteiger partial charge is 0.213 e. The van der Waals surface area contributed by atoms with Crippen LogP contribution in [0.15, 0.2) is 18.3 Å². The normalized spacial score (nSPS) is 12.1. The number of pyridine rings is 1. The lowest BCUT2D eigenvalue weighted by molar-refractivity contribution is 0.577. The van der Waals surface area contributed by atoms with Crippen LogP contribution in [-0.2, 0) is 0 Å². The molecule has 0 aliphatic rings. The number of halogens is 1. The number of aromatic nitrogens is 1. The van der Waals surface area contributed by atoms with Crippen LogP contribution in [0, 0.1) is 17.3 Å². The van der Waals surface area contributed by atoms with Crippen molar-refractivity contribution in [3.05, 3.63) is 29.8 Å². The molecule has 0 fully saturated rings. The van der Waals surface area contributed by atoms with Gasteiger partial charge < -0.3 is 5.73 Å². The van der Waals surface area contributed by atoms with Gasteiger partial charge in [0.2, 0.25) is 5.95 Å². The zero-order valence-electron chi connectivity index (χ0n) is 6.37. The van der Waals surface area contributed by atoms with Crippen molar-refractivity contribution in [2.75, 3.05) is 0 Å². The molecule has 0 bridgehead atoms. The van der Waals surface area contributed by atoms with Gasteiger partial charge in [-0.25, -0.2) is 4.98 Å². The van der Waals surface area contributed by atoms with Gasteiger partial charge in [0.25, 0.3) is 0 Å². The quantitative estimate of drug-likeness (QED) is 0.668. The van der Waals surface area contributed by atoms with Crippen molar-refractivity contribution in [3.8, 4) is 6.07 Å². The highest BCUT2D eigenvalue weighted by molar-refractivity contribution is 5.16. The number of rotatable bonds is 2. The standard InChI is InChI=1S/C8H8FN3/c9-8-5-6(2-4-12-8)7(11)1-3-10/h2,4-5,7H,1,11H2/t7-/m1/s1. The van der Waals surface area contributed by atoms with Gasteiger partial charge in [0.05, 0.1) is 12.5 Å². The largest absolute Gasteiger partial charge is 0.323 e. The van der Waals surface area contributed by atoms with Crippen molar-refractivity contribution in [2.45, 2.75) is 12.5 Å². The molecule has 0 saturated carbocycles. The SMILES string of the molecule is N#CC[C@@H](N)c1ccnc(F)c1. The van der Waals surface area contributed by atoms with E-state index in [1.807, 2.05) is 6.07 Å². The maximum Gasteiger partial charge on any atom is 0.213 e. The van der Waals surface area contributed by atoms with E-state index in [9.17, 15) is 4.39 Å². The number of hydrogen-bond acceptors (Lipinski definition) is 3. The van der Waals surface area contributed by atoms with E-state index >= 15 is 0 Å². The van der Waals surface area contributed by atoms with E-state index in [-0.39, 0.29) is 6.42 Å². The van der Waals surface area contributed by atoms with Gasteiger partial charge in [-0.1, -0.05) is 0 Å². The Labute approximate surface area is 69.6 Å². The molecular weight excluding hydrogens is 157 g/mol. The third kappa shape index (κ3) is 2.01. The van der Waals surface area contributed by atoms with E-state index in [4.69, 9.17) is 11.0 Å². The summed E-state index contributed by atoms with van der Waals surface area (Å²) in [5.41, 5.74) is 6.16. The summed E-state index contributed by atoms with van der Waals surface area (Å²) >= 11 is 0.